The summed E-state index contributed by atoms with van der Waals surface area (Å²) in [5, 5.41) is 2.65. The van der Waals surface area contributed by atoms with Gasteiger partial charge in [-0.1, -0.05) is 0 Å². The van der Waals surface area contributed by atoms with Gasteiger partial charge in [-0.25, -0.2) is 9.37 Å². The van der Waals surface area contributed by atoms with E-state index < -0.39 is 29.4 Å². The molecule has 2 N–H and O–H groups in total. The molecule has 0 aliphatic carbocycles. The highest BCUT2D eigenvalue weighted by Crippen LogP contribution is 2.33. The van der Waals surface area contributed by atoms with Crippen LogP contribution in [0.5, 0.6) is 5.75 Å². The molecular weight excluding hydrogens is 444 g/mol. The number of aromatic nitrogens is 2. The van der Waals surface area contributed by atoms with Crippen molar-refractivity contribution in [2.75, 3.05) is 37.5 Å². The number of aromatic amines is 1. The average Bonchev–Trinajstić information content (AvgIpc) is 3.15. The van der Waals surface area contributed by atoms with Crippen LogP contribution in [0.1, 0.15) is 34.9 Å². The van der Waals surface area contributed by atoms with Crippen LogP contribution in [0.2, 0.25) is 0 Å². The topological polar surface area (TPSA) is 79.5 Å². The number of nitrogens with zero attached hydrogens (tertiary/aromatic N) is 2. The molecule has 1 saturated heterocycles. The molecule has 4 rings (SSSR count). The van der Waals surface area contributed by atoms with Gasteiger partial charge in [0.1, 0.15) is 17.4 Å². The number of H-pyrrole nitrogens is 1. The van der Waals surface area contributed by atoms with Gasteiger partial charge in [0.15, 0.2) is 0 Å². The zero-order valence-corrected chi connectivity index (χ0v) is 17.9. The van der Waals surface area contributed by atoms with E-state index in [-0.39, 0.29) is 5.92 Å². The lowest BCUT2D eigenvalue weighted by molar-refractivity contribution is -0.274. The molecular formula is C22H22F4N4O3. The van der Waals surface area contributed by atoms with Crippen molar-refractivity contribution < 1.29 is 31.8 Å². The number of hydrogen-bond acceptors (Lipinski definition) is 5. The molecule has 11 heteroatoms. The molecule has 0 unspecified atom stereocenters. The molecule has 2 heterocycles. The summed E-state index contributed by atoms with van der Waals surface area (Å²) >= 11 is 0. The number of alkyl halides is 3. The molecule has 0 bridgehead atoms. The van der Waals surface area contributed by atoms with Gasteiger partial charge in [0.25, 0.3) is 5.91 Å². The maximum absolute atomic E-state index is 14.4. The molecule has 3 aromatic rings. The second-order valence-corrected chi connectivity index (χ2v) is 7.93. The highest BCUT2D eigenvalue weighted by atomic mass is 19.4. The zero-order valence-electron chi connectivity index (χ0n) is 17.9. The van der Waals surface area contributed by atoms with Crippen LogP contribution in [-0.2, 0) is 4.74 Å². The van der Waals surface area contributed by atoms with Crippen molar-refractivity contribution in [1.82, 2.24) is 9.97 Å². The zero-order chi connectivity index (χ0) is 23.8. The Bertz CT molecular complexity index is 1170. The average molecular weight is 466 g/mol. The van der Waals surface area contributed by atoms with Crippen LogP contribution in [0.25, 0.3) is 11.0 Å². The maximum atomic E-state index is 14.4. The second kappa shape index (κ2) is 8.89. The minimum atomic E-state index is -4.96. The summed E-state index contributed by atoms with van der Waals surface area (Å²) in [5.74, 6) is -1.60. The summed E-state index contributed by atoms with van der Waals surface area (Å²) in [4.78, 5) is 22.5. The van der Waals surface area contributed by atoms with E-state index in [0.29, 0.717) is 36.2 Å². The van der Waals surface area contributed by atoms with Crippen LogP contribution in [0, 0.1) is 5.82 Å². The second-order valence-electron chi connectivity index (χ2n) is 7.93. The Morgan fingerprint density at radius 1 is 1.21 bits per heavy atom. The molecule has 33 heavy (non-hydrogen) atoms. The van der Waals surface area contributed by atoms with Crippen molar-refractivity contribution >= 4 is 28.3 Å². The number of carbonyl (C=O) groups excluding carboxylic acids is 1. The molecule has 1 aromatic heterocycles. The normalized spacial score (nSPS) is 15.0. The Morgan fingerprint density at radius 2 is 1.94 bits per heavy atom. The molecule has 1 fully saturated rings. The van der Waals surface area contributed by atoms with E-state index in [4.69, 9.17) is 9.72 Å². The number of benzene rings is 2. The lowest BCUT2D eigenvalue weighted by atomic mass is 10.00. The van der Waals surface area contributed by atoms with Crippen LogP contribution in [-0.4, -0.2) is 49.5 Å². The highest BCUT2D eigenvalue weighted by Gasteiger charge is 2.31. The first-order valence-corrected chi connectivity index (χ1v) is 10.3. The maximum Gasteiger partial charge on any atom is 0.573 e. The Labute approximate surface area is 186 Å². The SMILES string of the molecule is CN(C)c1cc2nc(C3CCOCC3)[nH]c2cc1NC(=O)c1ccc(OC(F)(F)F)cc1F. The largest absolute Gasteiger partial charge is 0.573 e. The van der Waals surface area contributed by atoms with Crippen LogP contribution in [0.4, 0.5) is 28.9 Å². The molecule has 1 amide bonds. The predicted molar refractivity (Wildman–Crippen MR) is 114 cm³/mol. The van der Waals surface area contributed by atoms with E-state index in [2.05, 4.69) is 15.0 Å². The van der Waals surface area contributed by atoms with Gasteiger partial charge in [-0.2, -0.15) is 0 Å². The summed E-state index contributed by atoms with van der Waals surface area (Å²) in [6.07, 6.45) is -3.24. The van der Waals surface area contributed by atoms with Crippen LogP contribution in [0.15, 0.2) is 30.3 Å². The Morgan fingerprint density at radius 3 is 2.58 bits per heavy atom. The molecule has 7 nitrogen and oxygen atoms in total. The number of rotatable bonds is 5. The van der Waals surface area contributed by atoms with E-state index in [1.54, 1.807) is 31.1 Å². The smallest absolute Gasteiger partial charge is 0.406 e. The highest BCUT2D eigenvalue weighted by molar-refractivity contribution is 6.07. The molecule has 0 spiro atoms. The monoisotopic (exact) mass is 466 g/mol. The van der Waals surface area contributed by atoms with Gasteiger partial charge in [-0.3, -0.25) is 4.79 Å². The fraction of sp³-hybridized carbons (Fsp3) is 0.364. The number of fused-ring (bicyclic) bond motifs is 1. The number of carbonyl (C=O) groups is 1. The number of ether oxygens (including phenoxy) is 2. The van der Waals surface area contributed by atoms with E-state index in [1.165, 1.54) is 0 Å². The van der Waals surface area contributed by atoms with Gasteiger partial charge in [-0.15, -0.1) is 13.2 Å². The molecule has 0 radical (unpaired) electrons. The van der Waals surface area contributed by atoms with E-state index >= 15 is 0 Å². The van der Waals surface area contributed by atoms with Crippen LogP contribution in [0.3, 0.4) is 0 Å². The van der Waals surface area contributed by atoms with Crippen molar-refractivity contribution in [3.63, 3.8) is 0 Å². The Balaban J connectivity index is 1.61. The van der Waals surface area contributed by atoms with Gasteiger partial charge < -0.3 is 24.7 Å². The van der Waals surface area contributed by atoms with Gasteiger partial charge in [0, 0.05) is 39.3 Å². The molecule has 1 aliphatic rings. The van der Waals surface area contributed by atoms with E-state index in [1.807, 2.05) is 0 Å². The van der Waals surface area contributed by atoms with Crippen molar-refractivity contribution in [3.05, 3.63) is 47.5 Å². The number of anilines is 2. The number of nitrogens with one attached hydrogen (secondary N) is 2. The third kappa shape index (κ3) is 5.19. The fourth-order valence-electron chi connectivity index (χ4n) is 3.77. The minimum absolute atomic E-state index is 0.249. The third-order valence-electron chi connectivity index (χ3n) is 5.37. The van der Waals surface area contributed by atoms with Crippen molar-refractivity contribution in [3.8, 4) is 5.75 Å². The Kier molecular flexibility index (Phi) is 6.15. The quantitative estimate of drug-likeness (QED) is 0.528. The van der Waals surface area contributed by atoms with E-state index in [9.17, 15) is 22.4 Å². The van der Waals surface area contributed by atoms with Crippen molar-refractivity contribution in [2.24, 2.45) is 0 Å². The van der Waals surface area contributed by atoms with Crippen molar-refractivity contribution in [2.45, 2.75) is 25.1 Å². The summed E-state index contributed by atoms with van der Waals surface area (Å²) < 4.78 is 60.5. The predicted octanol–water partition coefficient (Wildman–Crippen LogP) is 4.81. The standard InChI is InChI=1S/C22H22F4N4O3/c1-30(2)19-11-17-16(27-20(28-17)12-5-7-32-8-6-12)10-18(19)29-21(31)14-4-3-13(9-15(14)23)33-22(24,25)26/h3-4,9-12H,5-8H2,1-2H3,(H,27,28)(H,29,31). The number of hydrogen-bond donors (Lipinski definition) is 2. The van der Waals surface area contributed by atoms with Gasteiger partial charge in [0.05, 0.1) is 28.0 Å². The summed E-state index contributed by atoms with van der Waals surface area (Å²) in [7, 11) is 3.57. The molecule has 0 saturated carbocycles. The number of imidazole rings is 1. The van der Waals surface area contributed by atoms with Gasteiger partial charge in [-0.05, 0) is 37.1 Å². The fourth-order valence-corrected chi connectivity index (χ4v) is 3.77. The first-order valence-electron chi connectivity index (χ1n) is 10.3. The van der Waals surface area contributed by atoms with Crippen LogP contribution < -0.4 is 15.0 Å². The lowest BCUT2D eigenvalue weighted by Gasteiger charge is -2.19. The first kappa shape index (κ1) is 22.8. The van der Waals surface area contributed by atoms with E-state index in [0.717, 1.165) is 36.3 Å². The Hall–Kier alpha value is -3.34. The van der Waals surface area contributed by atoms with Crippen molar-refractivity contribution in [1.29, 1.82) is 0 Å². The minimum Gasteiger partial charge on any atom is -0.406 e. The summed E-state index contributed by atoms with van der Waals surface area (Å²) in [6.45, 7) is 1.34. The molecule has 176 valence electrons. The first-order chi connectivity index (χ1) is 15.6. The molecule has 1 aliphatic heterocycles. The van der Waals surface area contributed by atoms with Crippen LogP contribution >= 0.6 is 0 Å². The summed E-state index contributed by atoms with van der Waals surface area (Å²) in [5.41, 5.74) is 2.04. The van der Waals surface area contributed by atoms with Gasteiger partial charge in [0.2, 0.25) is 0 Å². The number of amides is 1. The number of halogens is 4. The third-order valence-corrected chi connectivity index (χ3v) is 5.37. The lowest BCUT2D eigenvalue weighted by Crippen LogP contribution is -2.19. The van der Waals surface area contributed by atoms with Gasteiger partial charge >= 0.3 is 6.36 Å². The summed E-state index contributed by atoms with van der Waals surface area (Å²) in [6, 6.07) is 5.86. The molecule has 0 atom stereocenters. The molecule has 2 aromatic carbocycles.